The van der Waals surface area contributed by atoms with E-state index in [-0.39, 0.29) is 5.69 Å². The number of benzene rings is 2. The van der Waals surface area contributed by atoms with Gasteiger partial charge in [0.05, 0.1) is 36.8 Å². The molecule has 0 aromatic heterocycles. The number of hydrogen-bond acceptors (Lipinski definition) is 7. The van der Waals surface area contributed by atoms with Gasteiger partial charge < -0.3 is 14.6 Å². The van der Waals surface area contributed by atoms with E-state index in [1.165, 1.54) is 26.4 Å². The maximum atomic E-state index is 11.3. The summed E-state index contributed by atoms with van der Waals surface area (Å²) in [6.07, 6.45) is 1.44. The lowest BCUT2D eigenvalue weighted by Gasteiger charge is -2.20. The monoisotopic (exact) mass is 346 g/mol. The molecule has 2 aromatic carbocycles. The number of nitrogens with one attached hydrogen (secondary N) is 1. The first-order chi connectivity index (χ1) is 12.0. The van der Waals surface area contributed by atoms with Gasteiger partial charge in [0, 0.05) is 5.56 Å². The quantitative estimate of drug-likeness (QED) is 0.389. The minimum Gasteiger partial charge on any atom is -0.496 e. The molecule has 2 aromatic rings. The third kappa shape index (κ3) is 3.57. The van der Waals surface area contributed by atoms with Crippen LogP contribution in [0.5, 0.6) is 11.5 Å². The van der Waals surface area contributed by atoms with Crippen LogP contribution in [0, 0.1) is 4.91 Å². The molecule has 7 heteroatoms. The highest BCUT2D eigenvalue weighted by molar-refractivity contribution is 6.08. The summed E-state index contributed by atoms with van der Waals surface area (Å²) in [4.78, 5) is 11.3. The zero-order valence-electron chi connectivity index (χ0n) is 14.7. The molecule has 0 radical (unpaired) electrons. The highest BCUT2D eigenvalue weighted by atomic mass is 16.5. The number of rotatable bonds is 7. The number of methoxy groups -OCH3 is 2. The second kappa shape index (κ2) is 7.96. The van der Waals surface area contributed by atoms with Crippen LogP contribution in [0.25, 0.3) is 10.8 Å². The van der Waals surface area contributed by atoms with Gasteiger partial charge in [-0.15, -0.1) is 4.91 Å². The molecule has 0 bridgehead atoms. The Morgan fingerprint density at radius 2 is 2.00 bits per heavy atom. The third-order valence-electron chi connectivity index (χ3n) is 3.96. The molecule has 0 aliphatic carbocycles. The Morgan fingerprint density at radius 3 is 2.52 bits per heavy atom. The smallest absolute Gasteiger partial charge is 0.135 e. The Kier molecular flexibility index (Phi) is 5.95. The number of allylic oxidation sites excluding steroid dienone is 1. The van der Waals surface area contributed by atoms with Crippen molar-refractivity contribution in [1.82, 2.24) is 0 Å². The van der Waals surface area contributed by atoms with Gasteiger partial charge in [0.2, 0.25) is 0 Å². The Labute approximate surface area is 145 Å². The SMILES string of the molecule is COc1cc([C@H](O)CC=C(C)C)c(OC)c2c(N=O)ccc(NO)c12. The van der Waals surface area contributed by atoms with Gasteiger partial charge in [0.1, 0.15) is 17.2 Å². The third-order valence-corrected chi connectivity index (χ3v) is 3.96. The molecule has 134 valence electrons. The zero-order valence-corrected chi connectivity index (χ0v) is 14.7. The van der Waals surface area contributed by atoms with Crippen LogP contribution in [-0.2, 0) is 0 Å². The van der Waals surface area contributed by atoms with Crippen molar-refractivity contribution in [3.8, 4) is 11.5 Å². The van der Waals surface area contributed by atoms with Crippen molar-refractivity contribution < 1.29 is 19.8 Å². The lowest BCUT2D eigenvalue weighted by atomic mass is 9.96. The van der Waals surface area contributed by atoms with Crippen molar-refractivity contribution in [3.63, 3.8) is 0 Å². The van der Waals surface area contributed by atoms with Gasteiger partial charge in [-0.25, -0.2) is 0 Å². The first kappa shape index (κ1) is 18.7. The molecule has 25 heavy (non-hydrogen) atoms. The summed E-state index contributed by atoms with van der Waals surface area (Å²) in [5.74, 6) is 0.696. The minimum absolute atomic E-state index is 0.125. The first-order valence-corrected chi connectivity index (χ1v) is 7.74. The van der Waals surface area contributed by atoms with Crippen LogP contribution >= 0.6 is 0 Å². The Bertz CT molecular complexity index is 813. The maximum absolute atomic E-state index is 11.3. The van der Waals surface area contributed by atoms with Gasteiger partial charge in [0.15, 0.2) is 0 Å². The van der Waals surface area contributed by atoms with Crippen LogP contribution in [0.15, 0.2) is 35.0 Å². The molecule has 0 saturated carbocycles. The number of ether oxygens (including phenoxy) is 2. The second-order valence-electron chi connectivity index (χ2n) is 5.82. The van der Waals surface area contributed by atoms with Crippen molar-refractivity contribution in [2.24, 2.45) is 5.18 Å². The molecule has 2 rings (SSSR count). The summed E-state index contributed by atoms with van der Waals surface area (Å²) in [5.41, 5.74) is 4.10. The summed E-state index contributed by atoms with van der Waals surface area (Å²) in [5, 5.41) is 23.8. The molecule has 3 N–H and O–H groups in total. The molecular formula is C18H22N2O5. The summed E-state index contributed by atoms with van der Waals surface area (Å²) < 4.78 is 10.9. The number of aliphatic hydroxyl groups excluding tert-OH is 1. The Hall–Kier alpha value is -2.64. The van der Waals surface area contributed by atoms with Gasteiger partial charge in [-0.3, -0.25) is 10.7 Å². The number of aliphatic hydroxyl groups is 1. The van der Waals surface area contributed by atoms with Crippen LogP contribution in [-0.4, -0.2) is 24.5 Å². The van der Waals surface area contributed by atoms with Crippen molar-refractivity contribution >= 4 is 22.1 Å². The summed E-state index contributed by atoms with van der Waals surface area (Å²) in [6, 6.07) is 4.61. The Balaban J connectivity index is 2.85. The molecular weight excluding hydrogens is 324 g/mol. The fraction of sp³-hybridized carbons (Fsp3) is 0.333. The van der Waals surface area contributed by atoms with E-state index in [2.05, 4.69) is 10.7 Å². The molecule has 0 unspecified atom stereocenters. The predicted octanol–water partition coefficient (Wildman–Crippen LogP) is 4.45. The Morgan fingerprint density at radius 1 is 1.28 bits per heavy atom. The van der Waals surface area contributed by atoms with Crippen LogP contribution < -0.4 is 15.0 Å². The van der Waals surface area contributed by atoms with Crippen LogP contribution in [0.2, 0.25) is 0 Å². The van der Waals surface area contributed by atoms with Gasteiger partial charge in [-0.05, 0) is 43.6 Å². The summed E-state index contributed by atoms with van der Waals surface area (Å²) in [7, 11) is 2.92. The average Bonchev–Trinajstić information content (AvgIpc) is 2.63. The van der Waals surface area contributed by atoms with Crippen LogP contribution in [0.4, 0.5) is 11.4 Å². The highest BCUT2D eigenvalue weighted by Crippen LogP contribution is 2.47. The fourth-order valence-corrected chi connectivity index (χ4v) is 2.77. The van der Waals surface area contributed by atoms with Crippen molar-refractivity contribution in [2.45, 2.75) is 26.4 Å². The van der Waals surface area contributed by atoms with Gasteiger partial charge in [-0.1, -0.05) is 11.6 Å². The number of hydrogen-bond donors (Lipinski definition) is 3. The van der Waals surface area contributed by atoms with E-state index in [1.807, 2.05) is 19.9 Å². The molecule has 0 heterocycles. The average molecular weight is 346 g/mol. The summed E-state index contributed by atoms with van der Waals surface area (Å²) >= 11 is 0. The number of anilines is 1. The predicted molar refractivity (Wildman–Crippen MR) is 96.9 cm³/mol. The largest absolute Gasteiger partial charge is 0.496 e. The van der Waals surface area contributed by atoms with E-state index in [0.29, 0.717) is 39.9 Å². The summed E-state index contributed by atoms with van der Waals surface area (Å²) in [6.45, 7) is 3.89. The van der Waals surface area contributed by atoms with E-state index in [9.17, 15) is 15.2 Å². The molecule has 0 aliphatic heterocycles. The standard InChI is InChI=1S/C18H22N2O5/c1-10(2)5-8-14(21)11-9-15(24-3)16-12(19-22)6-7-13(20-23)17(16)18(11)25-4/h5-7,9,14,19,21-22H,8H2,1-4H3/t14-/m1/s1. The van der Waals surface area contributed by atoms with E-state index in [4.69, 9.17) is 9.47 Å². The second-order valence-corrected chi connectivity index (χ2v) is 5.82. The van der Waals surface area contributed by atoms with Gasteiger partial charge >= 0.3 is 0 Å². The van der Waals surface area contributed by atoms with Crippen molar-refractivity contribution in [3.05, 3.63) is 40.3 Å². The van der Waals surface area contributed by atoms with Crippen molar-refractivity contribution in [1.29, 1.82) is 0 Å². The van der Waals surface area contributed by atoms with E-state index in [0.717, 1.165) is 5.57 Å². The number of nitrogens with zero attached hydrogens (tertiary/aromatic N) is 1. The molecule has 0 aliphatic rings. The fourth-order valence-electron chi connectivity index (χ4n) is 2.77. The van der Waals surface area contributed by atoms with E-state index < -0.39 is 6.10 Å². The van der Waals surface area contributed by atoms with E-state index >= 15 is 0 Å². The molecule has 0 spiro atoms. The molecule has 1 atom stereocenters. The highest BCUT2D eigenvalue weighted by Gasteiger charge is 2.23. The topological polar surface area (TPSA) is 100 Å². The van der Waals surface area contributed by atoms with Crippen molar-refractivity contribution in [2.75, 3.05) is 19.7 Å². The zero-order chi connectivity index (χ0) is 18.6. The lowest BCUT2D eigenvalue weighted by molar-refractivity contribution is 0.176. The minimum atomic E-state index is -0.853. The number of fused-ring (bicyclic) bond motifs is 1. The maximum Gasteiger partial charge on any atom is 0.135 e. The lowest BCUT2D eigenvalue weighted by Crippen LogP contribution is -2.03. The number of nitroso groups, excluding NO2 is 1. The molecule has 0 amide bonds. The van der Waals surface area contributed by atoms with Gasteiger partial charge in [-0.2, -0.15) is 0 Å². The normalized spacial score (nSPS) is 11.8. The first-order valence-electron chi connectivity index (χ1n) is 7.74. The van der Waals surface area contributed by atoms with Gasteiger partial charge in [0.25, 0.3) is 0 Å². The van der Waals surface area contributed by atoms with Crippen LogP contribution in [0.3, 0.4) is 0 Å². The van der Waals surface area contributed by atoms with E-state index in [1.54, 1.807) is 6.07 Å². The van der Waals surface area contributed by atoms with Crippen LogP contribution in [0.1, 0.15) is 31.9 Å². The molecule has 0 saturated heterocycles. The molecule has 0 fully saturated rings. The molecule has 7 nitrogen and oxygen atoms in total.